The molecular weight excluding hydrogens is 494 g/mol. The Labute approximate surface area is 228 Å². The number of amides is 1. The number of aryl methyl sites for hydroxylation is 1. The summed E-state index contributed by atoms with van der Waals surface area (Å²) >= 11 is 1.31. The van der Waals surface area contributed by atoms with Gasteiger partial charge in [0.15, 0.2) is 11.0 Å². The van der Waals surface area contributed by atoms with E-state index in [9.17, 15) is 4.79 Å². The zero-order valence-electron chi connectivity index (χ0n) is 22.4. The number of hydrazone groups is 1. The summed E-state index contributed by atoms with van der Waals surface area (Å²) in [5, 5.41) is 13.7. The van der Waals surface area contributed by atoms with E-state index in [-0.39, 0.29) is 17.1 Å². The highest BCUT2D eigenvalue weighted by Gasteiger charge is 2.19. The maximum atomic E-state index is 12.6. The summed E-state index contributed by atoms with van der Waals surface area (Å²) in [6.07, 6.45) is 1.59. The van der Waals surface area contributed by atoms with E-state index in [0.717, 1.165) is 34.0 Å². The molecule has 196 valence electrons. The van der Waals surface area contributed by atoms with Gasteiger partial charge in [0.1, 0.15) is 5.75 Å². The summed E-state index contributed by atoms with van der Waals surface area (Å²) in [7, 11) is 0. The molecule has 4 rings (SSSR count). The van der Waals surface area contributed by atoms with Crippen molar-refractivity contribution in [3.63, 3.8) is 0 Å². The summed E-state index contributed by atoms with van der Waals surface area (Å²) < 4.78 is 7.59. The van der Waals surface area contributed by atoms with E-state index in [1.807, 2.05) is 47.9 Å². The maximum Gasteiger partial charge on any atom is 0.250 e. The summed E-state index contributed by atoms with van der Waals surface area (Å²) in [5.41, 5.74) is 7.75. The average Bonchev–Trinajstić information content (AvgIpc) is 3.32. The van der Waals surface area contributed by atoms with Crippen LogP contribution in [0.2, 0.25) is 0 Å². The highest BCUT2D eigenvalue weighted by molar-refractivity contribution is 7.99. The van der Waals surface area contributed by atoms with Crippen LogP contribution in [-0.2, 0) is 10.2 Å². The fourth-order valence-electron chi connectivity index (χ4n) is 3.81. The lowest BCUT2D eigenvalue weighted by Gasteiger charge is -2.19. The van der Waals surface area contributed by atoms with Gasteiger partial charge < -0.3 is 4.74 Å². The highest BCUT2D eigenvalue weighted by Crippen LogP contribution is 2.30. The van der Waals surface area contributed by atoms with E-state index in [2.05, 4.69) is 84.8 Å². The highest BCUT2D eigenvalue weighted by atomic mass is 32.2. The van der Waals surface area contributed by atoms with Crippen LogP contribution in [0.4, 0.5) is 0 Å². The number of hydrogen-bond acceptors (Lipinski definition) is 6. The molecule has 38 heavy (non-hydrogen) atoms. The topological polar surface area (TPSA) is 81.4 Å². The zero-order chi connectivity index (χ0) is 27.1. The van der Waals surface area contributed by atoms with Gasteiger partial charge in [-0.25, -0.2) is 5.43 Å². The number of carbonyl (C=O) groups excluding carboxylic acids is 1. The van der Waals surface area contributed by atoms with Gasteiger partial charge in [-0.1, -0.05) is 86.6 Å². The predicted octanol–water partition coefficient (Wildman–Crippen LogP) is 6.18. The molecule has 0 fully saturated rings. The van der Waals surface area contributed by atoms with Crippen molar-refractivity contribution in [2.75, 3.05) is 12.4 Å². The first-order valence-electron chi connectivity index (χ1n) is 12.6. The molecule has 1 N–H and O–H groups in total. The molecule has 0 atom stereocenters. The van der Waals surface area contributed by atoms with Crippen molar-refractivity contribution in [1.82, 2.24) is 20.2 Å². The number of rotatable bonds is 9. The lowest BCUT2D eigenvalue weighted by molar-refractivity contribution is -0.118. The first-order chi connectivity index (χ1) is 18.3. The first kappa shape index (κ1) is 27.1. The molecule has 4 aromatic rings. The van der Waals surface area contributed by atoms with Crippen LogP contribution in [0.5, 0.6) is 5.75 Å². The van der Waals surface area contributed by atoms with Gasteiger partial charge >= 0.3 is 0 Å². The SMILES string of the molecule is CCOc1ccccc1C=NNC(=O)CSc1nnc(-c2ccc(C(C)(C)C)cc2)n1-c1ccc(C)cc1. The molecule has 0 radical (unpaired) electrons. The number of thioether (sulfide) groups is 1. The Hall–Kier alpha value is -3.91. The lowest BCUT2D eigenvalue weighted by Crippen LogP contribution is -2.20. The van der Waals surface area contributed by atoms with E-state index < -0.39 is 0 Å². The molecule has 0 bridgehead atoms. The number of para-hydroxylation sites is 1. The molecule has 0 spiro atoms. The van der Waals surface area contributed by atoms with Crippen LogP contribution in [0, 0.1) is 6.92 Å². The minimum Gasteiger partial charge on any atom is -0.493 e. The van der Waals surface area contributed by atoms with Gasteiger partial charge in [-0.05, 0) is 49.1 Å². The van der Waals surface area contributed by atoms with Crippen molar-refractivity contribution < 1.29 is 9.53 Å². The third-order valence-electron chi connectivity index (χ3n) is 5.88. The molecule has 0 aliphatic carbocycles. The fourth-order valence-corrected chi connectivity index (χ4v) is 4.55. The van der Waals surface area contributed by atoms with Crippen LogP contribution in [0.25, 0.3) is 17.1 Å². The molecule has 0 saturated heterocycles. The van der Waals surface area contributed by atoms with Crippen LogP contribution in [-0.4, -0.2) is 39.2 Å². The largest absolute Gasteiger partial charge is 0.493 e. The van der Waals surface area contributed by atoms with Crippen molar-refractivity contribution in [3.05, 3.63) is 89.5 Å². The Morgan fingerprint density at radius 2 is 1.74 bits per heavy atom. The van der Waals surface area contributed by atoms with Gasteiger partial charge in [-0.2, -0.15) is 5.10 Å². The van der Waals surface area contributed by atoms with Crippen LogP contribution >= 0.6 is 11.8 Å². The molecule has 3 aromatic carbocycles. The van der Waals surface area contributed by atoms with E-state index >= 15 is 0 Å². The molecule has 1 heterocycles. The summed E-state index contributed by atoms with van der Waals surface area (Å²) in [6, 6.07) is 24.1. The second kappa shape index (κ2) is 12.1. The van der Waals surface area contributed by atoms with Gasteiger partial charge in [0.25, 0.3) is 5.91 Å². The third-order valence-corrected chi connectivity index (χ3v) is 6.81. The number of aromatic nitrogens is 3. The van der Waals surface area contributed by atoms with E-state index in [4.69, 9.17) is 4.74 Å². The first-order valence-corrected chi connectivity index (χ1v) is 13.5. The molecule has 0 aliphatic heterocycles. The molecule has 0 saturated carbocycles. The monoisotopic (exact) mass is 527 g/mol. The number of nitrogens with one attached hydrogen (secondary N) is 1. The van der Waals surface area contributed by atoms with Crippen molar-refractivity contribution >= 4 is 23.9 Å². The van der Waals surface area contributed by atoms with Crippen molar-refractivity contribution in [2.24, 2.45) is 5.10 Å². The number of benzene rings is 3. The zero-order valence-corrected chi connectivity index (χ0v) is 23.2. The predicted molar refractivity (Wildman–Crippen MR) is 154 cm³/mol. The second-order valence-electron chi connectivity index (χ2n) is 9.86. The molecule has 0 unspecified atom stereocenters. The Morgan fingerprint density at radius 1 is 1.03 bits per heavy atom. The van der Waals surface area contributed by atoms with Gasteiger partial charge in [0, 0.05) is 16.8 Å². The number of hydrogen-bond donors (Lipinski definition) is 1. The summed E-state index contributed by atoms with van der Waals surface area (Å²) in [5.74, 6) is 1.34. The standard InChI is InChI=1S/C30H33N5O2S/c1-6-37-26-10-8-7-9-23(26)19-31-32-27(36)20-38-29-34-33-28(35(29)25-17-11-21(2)12-18-25)22-13-15-24(16-14-22)30(3,4)5/h7-19H,6,20H2,1-5H3,(H,32,36). The van der Waals surface area contributed by atoms with Crippen LogP contribution < -0.4 is 10.2 Å². The minimum atomic E-state index is -0.241. The Bertz CT molecular complexity index is 1400. The normalized spacial score (nSPS) is 11.6. The van der Waals surface area contributed by atoms with Crippen LogP contribution in [0.3, 0.4) is 0 Å². The fraction of sp³-hybridized carbons (Fsp3) is 0.267. The van der Waals surface area contributed by atoms with Crippen LogP contribution in [0.15, 0.2) is 83.1 Å². The molecule has 0 aliphatic rings. The second-order valence-corrected chi connectivity index (χ2v) is 10.8. The molecule has 1 aromatic heterocycles. The van der Waals surface area contributed by atoms with E-state index in [1.165, 1.54) is 17.3 Å². The Morgan fingerprint density at radius 3 is 2.42 bits per heavy atom. The molecule has 1 amide bonds. The van der Waals surface area contributed by atoms with Crippen molar-refractivity contribution in [2.45, 2.75) is 45.2 Å². The van der Waals surface area contributed by atoms with Gasteiger partial charge in [-0.3, -0.25) is 9.36 Å². The van der Waals surface area contributed by atoms with Crippen LogP contribution in [0.1, 0.15) is 44.4 Å². The molecular formula is C30H33N5O2S. The summed E-state index contributed by atoms with van der Waals surface area (Å²) in [4.78, 5) is 12.6. The van der Waals surface area contributed by atoms with Gasteiger partial charge in [-0.15, -0.1) is 10.2 Å². The molecule has 8 heteroatoms. The van der Waals surface area contributed by atoms with E-state index in [1.54, 1.807) is 6.21 Å². The number of ether oxygens (including phenoxy) is 1. The number of nitrogens with zero attached hydrogens (tertiary/aromatic N) is 4. The Balaban J connectivity index is 1.52. The Kier molecular flexibility index (Phi) is 8.63. The average molecular weight is 528 g/mol. The molecule has 7 nitrogen and oxygen atoms in total. The maximum absolute atomic E-state index is 12.6. The quantitative estimate of drug-likeness (QED) is 0.160. The van der Waals surface area contributed by atoms with Crippen molar-refractivity contribution in [1.29, 1.82) is 0 Å². The number of carbonyl (C=O) groups is 1. The minimum absolute atomic E-state index is 0.0606. The smallest absolute Gasteiger partial charge is 0.250 e. The van der Waals surface area contributed by atoms with E-state index in [0.29, 0.717) is 11.8 Å². The van der Waals surface area contributed by atoms with Crippen molar-refractivity contribution in [3.8, 4) is 22.8 Å². The lowest BCUT2D eigenvalue weighted by atomic mass is 9.87. The van der Waals surface area contributed by atoms with Gasteiger partial charge in [0.05, 0.1) is 18.6 Å². The van der Waals surface area contributed by atoms with Gasteiger partial charge in [0.2, 0.25) is 0 Å². The third kappa shape index (κ3) is 6.69. The summed E-state index contributed by atoms with van der Waals surface area (Å²) in [6.45, 7) is 11.1.